The molecule has 2 aliphatic rings. The monoisotopic (exact) mass is 468 g/mol. The molecule has 0 atom stereocenters. The molecule has 1 nitrogen and oxygen atoms in total. The second kappa shape index (κ2) is 13.4. The average molecular weight is 469 g/mol. The smallest absolute Gasteiger partial charge is 0.387 e. The summed E-state index contributed by atoms with van der Waals surface area (Å²) >= 11 is 0. The minimum Gasteiger partial charge on any atom is -0.429 e. The highest BCUT2D eigenvalue weighted by Crippen LogP contribution is 2.43. The first-order valence-electron chi connectivity index (χ1n) is 13.0. The first-order chi connectivity index (χ1) is 16.0. The van der Waals surface area contributed by atoms with Crippen molar-refractivity contribution in [1.82, 2.24) is 0 Å². The van der Waals surface area contributed by atoms with Crippen molar-refractivity contribution in [2.45, 2.75) is 103 Å². The second-order valence-electron chi connectivity index (χ2n) is 10.2. The summed E-state index contributed by atoms with van der Waals surface area (Å²) in [4.78, 5) is 0. The fourth-order valence-electron chi connectivity index (χ4n) is 6.09. The van der Waals surface area contributed by atoms with E-state index in [2.05, 4.69) is 23.8 Å². The highest BCUT2D eigenvalue weighted by molar-refractivity contribution is 5.31. The van der Waals surface area contributed by atoms with Gasteiger partial charge in [-0.3, -0.25) is 0 Å². The fourth-order valence-corrected chi connectivity index (χ4v) is 6.09. The molecule has 2 saturated carbocycles. The highest BCUT2D eigenvalue weighted by Gasteiger charge is 2.30. The molecule has 3 rings (SSSR count). The third kappa shape index (κ3) is 8.33. The number of unbranched alkanes of at least 4 members (excludes halogenated alkanes) is 2. The van der Waals surface area contributed by atoms with Gasteiger partial charge < -0.3 is 4.74 Å². The lowest BCUT2D eigenvalue weighted by atomic mass is 9.68. The molecule has 0 heterocycles. The van der Waals surface area contributed by atoms with Crippen LogP contribution in [0.2, 0.25) is 0 Å². The van der Waals surface area contributed by atoms with Gasteiger partial charge in [0.1, 0.15) is 0 Å². The van der Waals surface area contributed by atoms with Gasteiger partial charge in [0.05, 0.1) is 0 Å². The summed E-state index contributed by atoms with van der Waals surface area (Å²) in [5.41, 5.74) is 0.512. The molecule has 1 aromatic carbocycles. The quantitative estimate of drug-likeness (QED) is 0.179. The molecule has 186 valence electrons. The summed E-state index contributed by atoms with van der Waals surface area (Å²) < 4.78 is 56.4. The maximum atomic E-state index is 13.9. The Morgan fingerprint density at radius 2 is 1.39 bits per heavy atom. The van der Waals surface area contributed by atoms with Crippen molar-refractivity contribution in [2.24, 2.45) is 23.7 Å². The molecule has 0 aliphatic heterocycles. The van der Waals surface area contributed by atoms with Gasteiger partial charge in [0.25, 0.3) is 0 Å². The van der Waals surface area contributed by atoms with Gasteiger partial charge in [0, 0.05) is 0 Å². The molecular formula is C28H40F4O. The first kappa shape index (κ1) is 26.1. The van der Waals surface area contributed by atoms with E-state index in [9.17, 15) is 17.6 Å². The Kier molecular flexibility index (Phi) is 10.6. The first-order valence-corrected chi connectivity index (χ1v) is 13.0. The largest absolute Gasteiger partial charge is 0.429 e. The van der Waals surface area contributed by atoms with E-state index in [1.54, 1.807) is 0 Å². The van der Waals surface area contributed by atoms with Crippen LogP contribution < -0.4 is 4.74 Å². The molecule has 0 amide bonds. The van der Waals surface area contributed by atoms with Crippen molar-refractivity contribution in [1.29, 1.82) is 0 Å². The van der Waals surface area contributed by atoms with E-state index in [4.69, 9.17) is 0 Å². The van der Waals surface area contributed by atoms with Crippen LogP contribution in [-0.4, -0.2) is 6.61 Å². The zero-order valence-electron chi connectivity index (χ0n) is 20.0. The van der Waals surface area contributed by atoms with Crippen molar-refractivity contribution in [3.05, 3.63) is 41.5 Å². The van der Waals surface area contributed by atoms with E-state index >= 15 is 0 Å². The van der Waals surface area contributed by atoms with E-state index in [-0.39, 0.29) is 0 Å². The maximum Gasteiger partial charge on any atom is 0.387 e. The Labute approximate surface area is 197 Å². The van der Waals surface area contributed by atoms with Gasteiger partial charge in [-0.25, -0.2) is 8.78 Å². The van der Waals surface area contributed by atoms with Crippen LogP contribution >= 0.6 is 0 Å². The third-order valence-corrected chi connectivity index (χ3v) is 8.02. The maximum absolute atomic E-state index is 13.9. The number of allylic oxidation sites excluding steroid dienone is 2. The van der Waals surface area contributed by atoms with Crippen LogP contribution in [0.25, 0.3) is 0 Å². The Balaban J connectivity index is 1.34. The normalized spacial score (nSPS) is 26.2. The number of benzene rings is 1. The molecule has 33 heavy (non-hydrogen) atoms. The van der Waals surface area contributed by atoms with Crippen molar-refractivity contribution in [2.75, 3.05) is 0 Å². The summed E-state index contributed by atoms with van der Waals surface area (Å²) in [7, 11) is 0. The summed E-state index contributed by atoms with van der Waals surface area (Å²) in [6.45, 7) is -1.15. The third-order valence-electron chi connectivity index (χ3n) is 8.02. The van der Waals surface area contributed by atoms with Gasteiger partial charge in [-0.2, -0.15) is 8.78 Å². The average Bonchev–Trinajstić information content (AvgIpc) is 2.81. The number of aryl methyl sites for hydroxylation is 1. The Bertz CT molecular complexity index is 708. The molecule has 1 aromatic rings. The van der Waals surface area contributed by atoms with Crippen LogP contribution in [-0.2, 0) is 6.42 Å². The van der Waals surface area contributed by atoms with Gasteiger partial charge >= 0.3 is 6.61 Å². The summed E-state index contributed by atoms with van der Waals surface area (Å²) in [5, 5.41) is 0. The molecule has 0 bridgehead atoms. The molecule has 5 heteroatoms. The zero-order valence-corrected chi connectivity index (χ0v) is 20.0. The molecule has 2 aliphatic carbocycles. The summed E-state index contributed by atoms with van der Waals surface area (Å²) in [6.07, 6.45) is 21.7. The predicted octanol–water partition coefficient (Wildman–Crippen LogP) is 9.25. The van der Waals surface area contributed by atoms with Crippen LogP contribution in [0, 0.1) is 35.3 Å². The van der Waals surface area contributed by atoms with E-state index in [0.29, 0.717) is 17.9 Å². The minimum absolute atomic E-state index is 0.512. The Morgan fingerprint density at radius 1 is 0.848 bits per heavy atom. The number of hydrogen-bond donors (Lipinski definition) is 0. The molecule has 0 N–H and O–H groups in total. The molecule has 0 spiro atoms. The topological polar surface area (TPSA) is 9.23 Å². The number of alkyl halides is 2. The fraction of sp³-hybridized carbons (Fsp3) is 0.714. The van der Waals surface area contributed by atoms with Crippen molar-refractivity contribution < 1.29 is 22.3 Å². The van der Waals surface area contributed by atoms with Gasteiger partial charge in [-0.1, -0.05) is 50.7 Å². The van der Waals surface area contributed by atoms with Crippen molar-refractivity contribution in [3.63, 3.8) is 0 Å². The van der Waals surface area contributed by atoms with Crippen molar-refractivity contribution >= 4 is 0 Å². The minimum atomic E-state index is -3.24. The number of hydrogen-bond acceptors (Lipinski definition) is 1. The Morgan fingerprint density at radius 3 is 1.91 bits per heavy atom. The van der Waals surface area contributed by atoms with E-state index < -0.39 is 24.0 Å². The number of ether oxygens (including phenoxy) is 1. The standard InChI is InChI=1S/C28H40F4O/c1-2-3-4-5-6-7-20-10-14-23(15-11-20)24-16-12-21(13-17-24)8-9-22-18-25(29)27(26(30)19-22)33-28(31)32/h2-3,18-21,23-24,28H,4-17H2,1H3. The van der Waals surface area contributed by atoms with Crippen LogP contribution in [0.5, 0.6) is 5.75 Å². The van der Waals surface area contributed by atoms with Crippen LogP contribution in [0.15, 0.2) is 24.3 Å². The lowest BCUT2D eigenvalue weighted by Crippen LogP contribution is -2.26. The van der Waals surface area contributed by atoms with Crippen LogP contribution in [0.1, 0.15) is 96.0 Å². The van der Waals surface area contributed by atoms with E-state index in [1.807, 2.05) is 0 Å². The second-order valence-corrected chi connectivity index (χ2v) is 10.2. The summed E-state index contributed by atoms with van der Waals surface area (Å²) in [6, 6.07) is 2.26. The Hall–Kier alpha value is -1.52. The molecule has 0 unspecified atom stereocenters. The number of rotatable bonds is 11. The molecular weight excluding hydrogens is 428 g/mol. The van der Waals surface area contributed by atoms with Gasteiger partial charge in [0.15, 0.2) is 17.4 Å². The van der Waals surface area contributed by atoms with Gasteiger partial charge in [-0.05, 0) is 99.7 Å². The van der Waals surface area contributed by atoms with Crippen LogP contribution in [0.4, 0.5) is 17.6 Å². The van der Waals surface area contributed by atoms with Crippen LogP contribution in [0.3, 0.4) is 0 Å². The lowest BCUT2D eigenvalue weighted by Gasteiger charge is -2.38. The van der Waals surface area contributed by atoms with E-state index in [1.165, 1.54) is 77.0 Å². The molecule has 0 aromatic heterocycles. The molecule has 0 saturated heterocycles. The predicted molar refractivity (Wildman–Crippen MR) is 125 cm³/mol. The summed E-state index contributed by atoms with van der Waals surface area (Å²) in [5.74, 6) is 0.148. The van der Waals surface area contributed by atoms with E-state index in [0.717, 1.165) is 36.3 Å². The SMILES string of the molecule is CC=CCCCCC1CCC(C2CCC(CCc3cc(F)c(OC(F)F)c(F)c3)CC2)CC1. The molecule has 2 fully saturated rings. The van der Waals surface area contributed by atoms with Gasteiger partial charge in [-0.15, -0.1) is 0 Å². The molecule has 0 radical (unpaired) electrons. The highest BCUT2D eigenvalue weighted by atomic mass is 19.3. The zero-order chi connectivity index (χ0) is 23.6. The van der Waals surface area contributed by atoms with Crippen molar-refractivity contribution in [3.8, 4) is 5.75 Å². The van der Waals surface area contributed by atoms with Gasteiger partial charge in [0.2, 0.25) is 0 Å². The lowest BCUT2D eigenvalue weighted by molar-refractivity contribution is -0.0546. The number of halogens is 4.